The number of rotatable bonds is 1. The molecule has 18 heavy (non-hydrogen) atoms. The van der Waals surface area contributed by atoms with Gasteiger partial charge in [0.2, 0.25) is 0 Å². The topological polar surface area (TPSA) is 40.9 Å². The first-order valence-electron chi connectivity index (χ1n) is 7.63. The summed E-state index contributed by atoms with van der Waals surface area (Å²) in [6.45, 7) is 0. The lowest BCUT2D eigenvalue weighted by Gasteiger charge is -2.57. The molecule has 0 radical (unpaired) electrons. The number of hydrogen-bond acceptors (Lipinski definition) is 2. The largest absolute Gasteiger partial charge is 0.300 e. The smallest absolute Gasteiger partial charge is 0.134 e. The van der Waals surface area contributed by atoms with Crippen molar-refractivity contribution in [1.29, 1.82) is 5.26 Å². The van der Waals surface area contributed by atoms with E-state index < -0.39 is 0 Å². The maximum Gasteiger partial charge on any atom is 0.134 e. The highest BCUT2D eigenvalue weighted by molar-refractivity contribution is 5.82. The predicted octanol–water partition coefficient (Wildman–Crippen LogP) is 3.32. The van der Waals surface area contributed by atoms with Crippen molar-refractivity contribution in [3.05, 3.63) is 0 Å². The average molecular weight is 243 g/mol. The third-order valence-corrected chi connectivity index (χ3v) is 6.45. The highest BCUT2D eigenvalue weighted by atomic mass is 16.1. The van der Waals surface area contributed by atoms with Gasteiger partial charge in [0.25, 0.3) is 0 Å². The zero-order chi connectivity index (χ0) is 12.3. The maximum absolute atomic E-state index is 11.7. The Balaban J connectivity index is 1.68. The molecule has 5 rings (SSSR count). The van der Waals surface area contributed by atoms with E-state index in [0.717, 1.165) is 30.1 Å². The van der Waals surface area contributed by atoms with Crippen molar-refractivity contribution in [1.82, 2.24) is 0 Å². The van der Waals surface area contributed by atoms with Crippen LogP contribution in [0.15, 0.2) is 0 Å². The van der Waals surface area contributed by atoms with Gasteiger partial charge in [-0.15, -0.1) is 0 Å². The second-order valence-electron chi connectivity index (χ2n) is 7.44. The molecule has 2 heteroatoms. The van der Waals surface area contributed by atoms with Gasteiger partial charge in [0.15, 0.2) is 0 Å². The highest BCUT2D eigenvalue weighted by Crippen LogP contribution is 2.63. The molecule has 0 heterocycles. The molecule has 2 nitrogen and oxygen atoms in total. The summed E-state index contributed by atoms with van der Waals surface area (Å²) in [6.07, 6.45) is 8.97. The molecule has 0 aromatic heterocycles. The van der Waals surface area contributed by atoms with Crippen LogP contribution in [-0.4, -0.2) is 5.78 Å². The lowest BCUT2D eigenvalue weighted by molar-refractivity contribution is -0.119. The first-order chi connectivity index (χ1) is 8.70. The van der Waals surface area contributed by atoms with Crippen molar-refractivity contribution in [2.75, 3.05) is 0 Å². The third kappa shape index (κ3) is 1.37. The Kier molecular flexibility index (Phi) is 2.20. The Hall–Kier alpha value is -0.840. The summed E-state index contributed by atoms with van der Waals surface area (Å²) in [4.78, 5) is 11.7. The summed E-state index contributed by atoms with van der Waals surface area (Å²) in [5.74, 6) is 4.35. The van der Waals surface area contributed by atoms with Crippen LogP contribution in [-0.2, 0) is 4.79 Å². The van der Waals surface area contributed by atoms with Crippen LogP contribution in [0.2, 0.25) is 0 Å². The van der Waals surface area contributed by atoms with Gasteiger partial charge in [-0.05, 0) is 68.1 Å². The van der Waals surface area contributed by atoms with Gasteiger partial charge < -0.3 is 0 Å². The van der Waals surface area contributed by atoms with E-state index in [2.05, 4.69) is 6.07 Å². The van der Waals surface area contributed by atoms with E-state index in [-0.39, 0.29) is 5.41 Å². The van der Waals surface area contributed by atoms with Gasteiger partial charge in [-0.25, -0.2) is 0 Å². The molecule has 0 spiro atoms. The Labute approximate surface area is 109 Å². The minimum absolute atomic E-state index is 0.264. The molecular weight excluding hydrogens is 222 g/mol. The fourth-order valence-corrected chi connectivity index (χ4v) is 6.17. The number of nitrogens with zero attached hydrogens (tertiary/aromatic N) is 1. The molecule has 0 amide bonds. The van der Waals surface area contributed by atoms with E-state index in [4.69, 9.17) is 0 Å². The third-order valence-electron chi connectivity index (χ3n) is 6.45. The predicted molar refractivity (Wildman–Crippen MR) is 67.4 cm³/mol. The zero-order valence-corrected chi connectivity index (χ0v) is 10.9. The first kappa shape index (κ1) is 11.0. The lowest BCUT2D eigenvalue weighted by Crippen LogP contribution is -2.50. The van der Waals surface area contributed by atoms with E-state index in [1.54, 1.807) is 0 Å². The van der Waals surface area contributed by atoms with Gasteiger partial charge in [-0.2, -0.15) is 5.26 Å². The second kappa shape index (κ2) is 3.59. The number of Topliss-reactive ketones (excluding diaryl/α,β-unsaturated/α-hetero) is 1. The van der Waals surface area contributed by atoms with E-state index >= 15 is 0 Å². The molecule has 5 aliphatic rings. The summed E-state index contributed by atoms with van der Waals surface area (Å²) in [5.41, 5.74) is -0.264. The molecular formula is C16H21NO. The van der Waals surface area contributed by atoms with Crippen LogP contribution in [0.3, 0.4) is 0 Å². The quantitative estimate of drug-likeness (QED) is 0.709. The van der Waals surface area contributed by atoms with Crippen molar-refractivity contribution in [2.24, 2.45) is 35.0 Å². The summed E-state index contributed by atoms with van der Waals surface area (Å²) in [5, 5.41) is 9.72. The molecule has 4 bridgehead atoms. The number of carbonyl (C=O) groups excluding carboxylic acids is 1. The van der Waals surface area contributed by atoms with Crippen molar-refractivity contribution in [2.45, 2.75) is 51.4 Å². The van der Waals surface area contributed by atoms with Gasteiger partial charge in [0, 0.05) is 12.8 Å². The van der Waals surface area contributed by atoms with Crippen LogP contribution in [0.5, 0.6) is 0 Å². The highest BCUT2D eigenvalue weighted by Gasteiger charge is 2.57. The molecule has 1 unspecified atom stereocenters. The van der Waals surface area contributed by atoms with E-state index in [1.807, 2.05) is 0 Å². The van der Waals surface area contributed by atoms with E-state index in [0.29, 0.717) is 24.5 Å². The standard InChI is InChI=1S/C16H21NO/c17-9-16(2-1-14(18)8-16)15-12-4-10-3-11(6-12)7-13(15)5-10/h10-13,15H,1-8H2. The van der Waals surface area contributed by atoms with Crippen molar-refractivity contribution in [3.63, 3.8) is 0 Å². The molecule has 0 aromatic carbocycles. The number of ketones is 1. The van der Waals surface area contributed by atoms with Crippen molar-refractivity contribution < 1.29 is 4.79 Å². The molecule has 0 aliphatic heterocycles. The van der Waals surface area contributed by atoms with Crippen LogP contribution in [0.1, 0.15) is 51.4 Å². The van der Waals surface area contributed by atoms with Crippen LogP contribution < -0.4 is 0 Å². The Morgan fingerprint density at radius 1 is 1.06 bits per heavy atom. The second-order valence-corrected chi connectivity index (χ2v) is 7.44. The molecule has 1 atom stereocenters. The van der Waals surface area contributed by atoms with Gasteiger partial charge in [0.05, 0.1) is 11.5 Å². The van der Waals surface area contributed by atoms with Crippen molar-refractivity contribution >= 4 is 5.78 Å². The van der Waals surface area contributed by atoms with E-state index in [1.165, 1.54) is 32.1 Å². The lowest BCUT2D eigenvalue weighted by atomic mass is 9.46. The maximum atomic E-state index is 11.7. The SMILES string of the molecule is N#CC1(C2C3CC4CC(C3)CC2C4)CCC(=O)C1. The molecule has 5 fully saturated rings. The van der Waals surface area contributed by atoms with Crippen LogP contribution in [0.25, 0.3) is 0 Å². The summed E-state index contributed by atoms with van der Waals surface area (Å²) in [6, 6.07) is 2.61. The Morgan fingerprint density at radius 2 is 1.67 bits per heavy atom. The van der Waals surface area contributed by atoms with E-state index in [9.17, 15) is 10.1 Å². The average Bonchev–Trinajstić information content (AvgIpc) is 2.71. The molecule has 0 N–H and O–H groups in total. The minimum atomic E-state index is -0.264. The molecule has 0 aromatic rings. The molecule has 5 saturated carbocycles. The monoisotopic (exact) mass is 243 g/mol. The molecule has 96 valence electrons. The molecule has 0 saturated heterocycles. The number of hydrogen-bond donors (Lipinski definition) is 0. The Morgan fingerprint density at radius 3 is 2.11 bits per heavy atom. The fraction of sp³-hybridized carbons (Fsp3) is 0.875. The van der Waals surface area contributed by atoms with Gasteiger partial charge in [-0.1, -0.05) is 0 Å². The fourth-order valence-electron chi connectivity index (χ4n) is 6.17. The summed E-state index contributed by atoms with van der Waals surface area (Å²) < 4.78 is 0. The van der Waals surface area contributed by atoms with Gasteiger partial charge in [0.1, 0.15) is 5.78 Å². The normalized spacial score (nSPS) is 53.7. The van der Waals surface area contributed by atoms with Crippen molar-refractivity contribution in [3.8, 4) is 6.07 Å². The van der Waals surface area contributed by atoms with Crippen LogP contribution >= 0.6 is 0 Å². The zero-order valence-electron chi connectivity index (χ0n) is 10.9. The minimum Gasteiger partial charge on any atom is -0.300 e. The first-order valence-corrected chi connectivity index (χ1v) is 7.63. The van der Waals surface area contributed by atoms with Crippen LogP contribution in [0.4, 0.5) is 0 Å². The summed E-state index contributed by atoms with van der Waals surface area (Å²) in [7, 11) is 0. The van der Waals surface area contributed by atoms with Gasteiger partial charge in [-0.3, -0.25) is 4.79 Å². The van der Waals surface area contributed by atoms with Crippen LogP contribution in [0, 0.1) is 46.3 Å². The number of carbonyl (C=O) groups is 1. The summed E-state index contributed by atoms with van der Waals surface area (Å²) >= 11 is 0. The Bertz CT molecular complexity index is 407. The molecule has 5 aliphatic carbocycles. The number of nitriles is 1. The van der Waals surface area contributed by atoms with Gasteiger partial charge >= 0.3 is 0 Å².